The first-order valence-electron chi connectivity index (χ1n) is 10.9. The number of ether oxygens (including phenoxy) is 1. The number of alkyl halides is 3. The summed E-state index contributed by atoms with van der Waals surface area (Å²) >= 11 is 0. The standard InChI is InChI=1S/C26H15F3N4O4/c1-35-17-8-9-18-19(13-17)36-23(31-18)24-32-22(33-12-10-14-3-2-11-30-20(14)25(33)34)21(37-24)15-4-6-16(7-5-15)26(27,28)29/h2-13H,1H3. The number of hydrogen-bond acceptors (Lipinski definition) is 7. The number of hydrogen-bond donors (Lipinski definition) is 0. The average Bonchev–Trinajstić information content (AvgIpc) is 3.53. The van der Waals surface area contributed by atoms with Crippen LogP contribution in [0.5, 0.6) is 5.75 Å². The molecule has 0 atom stereocenters. The maximum Gasteiger partial charge on any atom is 0.416 e. The van der Waals surface area contributed by atoms with Crippen LogP contribution in [-0.4, -0.2) is 26.6 Å². The number of oxazole rings is 2. The Balaban J connectivity index is 1.55. The van der Waals surface area contributed by atoms with Crippen LogP contribution in [0.1, 0.15) is 5.56 Å². The molecule has 2 aromatic carbocycles. The van der Waals surface area contributed by atoms with Gasteiger partial charge < -0.3 is 13.6 Å². The lowest BCUT2D eigenvalue weighted by molar-refractivity contribution is -0.137. The second-order valence-electron chi connectivity index (χ2n) is 8.03. The van der Waals surface area contributed by atoms with Gasteiger partial charge >= 0.3 is 6.18 Å². The Morgan fingerprint density at radius 2 is 1.73 bits per heavy atom. The highest BCUT2D eigenvalue weighted by Crippen LogP contribution is 2.36. The summed E-state index contributed by atoms with van der Waals surface area (Å²) in [7, 11) is 1.52. The SMILES string of the molecule is COc1ccc2nc(-c3nc(-n4ccc5cccnc5c4=O)c(-c4ccc(C(F)(F)F)cc4)o3)oc2c1. The van der Waals surface area contributed by atoms with Crippen molar-refractivity contribution in [3.05, 3.63) is 89.0 Å². The molecule has 0 spiro atoms. The van der Waals surface area contributed by atoms with Crippen LogP contribution in [0.15, 0.2) is 86.7 Å². The Kier molecular flexibility index (Phi) is 5.07. The molecule has 6 aromatic rings. The molecule has 0 aliphatic heterocycles. The van der Waals surface area contributed by atoms with Gasteiger partial charge in [-0.1, -0.05) is 18.2 Å². The van der Waals surface area contributed by atoms with Crippen LogP contribution < -0.4 is 10.3 Å². The lowest BCUT2D eigenvalue weighted by Gasteiger charge is -2.08. The number of nitrogens with zero attached hydrogens (tertiary/aromatic N) is 4. The zero-order chi connectivity index (χ0) is 25.7. The number of halogens is 3. The fourth-order valence-electron chi connectivity index (χ4n) is 3.92. The number of methoxy groups -OCH3 is 1. The smallest absolute Gasteiger partial charge is 0.416 e. The monoisotopic (exact) mass is 504 g/mol. The van der Waals surface area contributed by atoms with E-state index in [1.807, 2.05) is 0 Å². The first-order chi connectivity index (χ1) is 17.8. The summed E-state index contributed by atoms with van der Waals surface area (Å²) in [6, 6.07) is 14.5. The molecule has 0 radical (unpaired) electrons. The Hall–Kier alpha value is -4.93. The number of fused-ring (bicyclic) bond motifs is 2. The normalized spacial score (nSPS) is 11.9. The van der Waals surface area contributed by atoms with Crippen LogP contribution in [0.4, 0.5) is 13.2 Å². The van der Waals surface area contributed by atoms with Crippen LogP contribution in [0, 0.1) is 0 Å². The van der Waals surface area contributed by atoms with Crippen molar-refractivity contribution < 1.29 is 26.7 Å². The van der Waals surface area contributed by atoms with E-state index in [-0.39, 0.29) is 34.4 Å². The van der Waals surface area contributed by atoms with Gasteiger partial charge in [0.05, 0.1) is 12.7 Å². The zero-order valence-corrected chi connectivity index (χ0v) is 19.0. The fourth-order valence-corrected chi connectivity index (χ4v) is 3.92. The van der Waals surface area contributed by atoms with Crippen molar-refractivity contribution in [2.75, 3.05) is 7.11 Å². The van der Waals surface area contributed by atoms with Gasteiger partial charge in [0.25, 0.3) is 17.3 Å². The Morgan fingerprint density at radius 3 is 2.49 bits per heavy atom. The van der Waals surface area contributed by atoms with Gasteiger partial charge in [-0.3, -0.25) is 14.3 Å². The third-order valence-electron chi connectivity index (χ3n) is 5.75. The van der Waals surface area contributed by atoms with E-state index in [1.165, 1.54) is 36.2 Å². The van der Waals surface area contributed by atoms with Crippen molar-refractivity contribution in [2.45, 2.75) is 6.18 Å². The molecule has 6 rings (SSSR count). The minimum Gasteiger partial charge on any atom is -0.497 e. The van der Waals surface area contributed by atoms with E-state index in [2.05, 4.69) is 15.0 Å². The molecule has 0 fully saturated rings. The van der Waals surface area contributed by atoms with E-state index >= 15 is 0 Å². The largest absolute Gasteiger partial charge is 0.497 e. The van der Waals surface area contributed by atoms with Gasteiger partial charge in [0.2, 0.25) is 0 Å². The molecule has 0 N–H and O–H groups in total. The molecule has 37 heavy (non-hydrogen) atoms. The molecule has 0 saturated carbocycles. The average molecular weight is 504 g/mol. The van der Waals surface area contributed by atoms with Gasteiger partial charge in [-0.05, 0) is 36.4 Å². The molecular formula is C26H15F3N4O4. The molecule has 0 aliphatic carbocycles. The van der Waals surface area contributed by atoms with Crippen molar-refractivity contribution in [3.8, 4) is 34.7 Å². The molecule has 8 nitrogen and oxygen atoms in total. The predicted octanol–water partition coefficient (Wildman–Crippen LogP) is 5.88. The van der Waals surface area contributed by atoms with Gasteiger partial charge in [-0.15, -0.1) is 0 Å². The highest BCUT2D eigenvalue weighted by atomic mass is 19.4. The minimum absolute atomic E-state index is 0.0228. The van der Waals surface area contributed by atoms with Gasteiger partial charge in [0, 0.05) is 29.4 Å². The number of benzene rings is 2. The molecule has 184 valence electrons. The van der Waals surface area contributed by atoms with Crippen LogP contribution in [-0.2, 0) is 6.18 Å². The topological polar surface area (TPSA) is 96.2 Å². The molecule has 0 bridgehead atoms. The number of aromatic nitrogens is 4. The summed E-state index contributed by atoms with van der Waals surface area (Å²) in [6.45, 7) is 0. The molecular weight excluding hydrogens is 489 g/mol. The summed E-state index contributed by atoms with van der Waals surface area (Å²) in [5.74, 6) is 0.625. The molecule has 11 heteroatoms. The molecule has 4 aromatic heterocycles. The fraction of sp³-hybridized carbons (Fsp3) is 0.0769. The molecule has 0 aliphatic rings. The summed E-state index contributed by atoms with van der Waals surface area (Å²) < 4.78 is 57.6. The minimum atomic E-state index is -4.51. The van der Waals surface area contributed by atoms with Gasteiger partial charge in [0.1, 0.15) is 16.8 Å². The molecule has 0 saturated heterocycles. The molecule has 0 amide bonds. The van der Waals surface area contributed by atoms with E-state index in [4.69, 9.17) is 13.6 Å². The van der Waals surface area contributed by atoms with E-state index < -0.39 is 17.3 Å². The van der Waals surface area contributed by atoms with Crippen LogP contribution in [0.3, 0.4) is 0 Å². The zero-order valence-electron chi connectivity index (χ0n) is 19.0. The van der Waals surface area contributed by atoms with Crippen molar-refractivity contribution in [3.63, 3.8) is 0 Å². The third-order valence-corrected chi connectivity index (χ3v) is 5.75. The van der Waals surface area contributed by atoms with Crippen LogP contribution >= 0.6 is 0 Å². The predicted molar refractivity (Wildman–Crippen MR) is 127 cm³/mol. The summed E-state index contributed by atoms with van der Waals surface area (Å²) in [5.41, 5.74) is 0.0938. The number of pyridine rings is 2. The first-order valence-corrected chi connectivity index (χ1v) is 10.9. The summed E-state index contributed by atoms with van der Waals surface area (Å²) in [6.07, 6.45) is -1.52. The van der Waals surface area contributed by atoms with Gasteiger partial charge in [0.15, 0.2) is 17.2 Å². The van der Waals surface area contributed by atoms with E-state index in [0.717, 1.165) is 12.1 Å². The summed E-state index contributed by atoms with van der Waals surface area (Å²) in [5, 5.41) is 0.622. The van der Waals surface area contributed by atoms with Crippen LogP contribution in [0.2, 0.25) is 0 Å². The lowest BCUT2D eigenvalue weighted by atomic mass is 10.1. The molecule has 0 unspecified atom stereocenters. The Labute approximate surface area is 205 Å². The van der Waals surface area contributed by atoms with E-state index in [0.29, 0.717) is 22.2 Å². The van der Waals surface area contributed by atoms with E-state index in [9.17, 15) is 18.0 Å². The quantitative estimate of drug-likeness (QED) is 0.296. The van der Waals surface area contributed by atoms with Crippen molar-refractivity contribution in [1.29, 1.82) is 0 Å². The highest BCUT2D eigenvalue weighted by molar-refractivity contribution is 5.79. The van der Waals surface area contributed by atoms with Crippen molar-refractivity contribution >= 4 is 22.0 Å². The van der Waals surface area contributed by atoms with Crippen LogP contribution in [0.25, 0.3) is 50.9 Å². The lowest BCUT2D eigenvalue weighted by Crippen LogP contribution is -2.19. The van der Waals surface area contributed by atoms with Crippen molar-refractivity contribution in [2.24, 2.45) is 0 Å². The van der Waals surface area contributed by atoms with Crippen molar-refractivity contribution in [1.82, 2.24) is 19.5 Å². The Bertz CT molecular complexity index is 1840. The van der Waals surface area contributed by atoms with E-state index in [1.54, 1.807) is 36.4 Å². The van der Waals surface area contributed by atoms with Gasteiger partial charge in [-0.25, -0.2) is 4.98 Å². The first kappa shape index (κ1) is 22.5. The maximum absolute atomic E-state index is 13.3. The Morgan fingerprint density at radius 1 is 0.946 bits per heavy atom. The highest BCUT2D eigenvalue weighted by Gasteiger charge is 2.31. The maximum atomic E-state index is 13.3. The third kappa shape index (κ3) is 3.90. The summed E-state index contributed by atoms with van der Waals surface area (Å²) in [4.78, 5) is 26.3. The number of rotatable bonds is 4. The molecule has 4 heterocycles. The second kappa shape index (κ2) is 8.33. The van der Waals surface area contributed by atoms with Gasteiger partial charge in [-0.2, -0.15) is 18.2 Å². The second-order valence-corrected chi connectivity index (χ2v) is 8.03.